The van der Waals surface area contributed by atoms with Crippen LogP contribution in [0.2, 0.25) is 0 Å². The van der Waals surface area contributed by atoms with Crippen molar-refractivity contribution in [3.8, 4) is 0 Å². The summed E-state index contributed by atoms with van der Waals surface area (Å²) in [7, 11) is 1.82. The fourth-order valence-corrected chi connectivity index (χ4v) is 1.37. The monoisotopic (exact) mass is 173 g/mol. The predicted octanol–water partition coefficient (Wildman–Crippen LogP) is 0.527. The van der Waals surface area contributed by atoms with E-state index in [1.165, 1.54) is 6.08 Å². The van der Waals surface area contributed by atoms with E-state index in [4.69, 9.17) is 5.11 Å². The minimum atomic E-state index is -1.02. The molecule has 4 heteroatoms. The first-order valence-electron chi connectivity index (χ1n) is 3.83. The highest BCUT2D eigenvalue weighted by molar-refractivity contribution is 5.79. The second kappa shape index (κ2) is 3.67. The van der Waals surface area contributed by atoms with Crippen molar-refractivity contribution in [2.24, 2.45) is 5.92 Å². The van der Waals surface area contributed by atoms with Crippen molar-refractivity contribution in [2.75, 3.05) is 20.1 Å². The minimum absolute atomic E-state index is 0.258. The van der Waals surface area contributed by atoms with Crippen LogP contribution in [0.15, 0.2) is 12.2 Å². The third-order valence-corrected chi connectivity index (χ3v) is 1.96. The SMILES string of the molecule is CN1CC(F)C(/C=C/C(=O)O)C1. The van der Waals surface area contributed by atoms with Gasteiger partial charge in [0.2, 0.25) is 0 Å². The summed E-state index contributed by atoms with van der Waals surface area (Å²) < 4.78 is 13.0. The zero-order valence-electron chi connectivity index (χ0n) is 6.90. The molecule has 12 heavy (non-hydrogen) atoms. The molecule has 1 N–H and O–H groups in total. The van der Waals surface area contributed by atoms with Gasteiger partial charge < -0.3 is 10.0 Å². The van der Waals surface area contributed by atoms with Crippen LogP contribution in [0, 0.1) is 5.92 Å². The van der Waals surface area contributed by atoms with Gasteiger partial charge in [-0.25, -0.2) is 9.18 Å². The Kier molecular flexibility index (Phi) is 2.81. The molecular formula is C8H12FNO2. The molecule has 0 aromatic carbocycles. The number of hydrogen-bond donors (Lipinski definition) is 1. The first-order valence-corrected chi connectivity index (χ1v) is 3.83. The zero-order chi connectivity index (χ0) is 9.14. The highest BCUT2D eigenvalue weighted by atomic mass is 19.1. The van der Waals surface area contributed by atoms with Crippen LogP contribution in [0.4, 0.5) is 4.39 Å². The number of carboxylic acids is 1. The average molecular weight is 173 g/mol. The van der Waals surface area contributed by atoms with E-state index in [-0.39, 0.29) is 5.92 Å². The lowest BCUT2D eigenvalue weighted by Gasteiger charge is -2.04. The number of carboxylic acid groups (broad SMARTS) is 1. The molecule has 1 heterocycles. The van der Waals surface area contributed by atoms with E-state index in [0.29, 0.717) is 13.1 Å². The number of halogens is 1. The molecule has 1 aliphatic rings. The van der Waals surface area contributed by atoms with Crippen molar-refractivity contribution in [1.29, 1.82) is 0 Å². The second-order valence-corrected chi connectivity index (χ2v) is 3.10. The maximum atomic E-state index is 13.0. The summed E-state index contributed by atoms with van der Waals surface area (Å²) in [5, 5.41) is 8.30. The first-order chi connectivity index (χ1) is 5.59. The van der Waals surface area contributed by atoms with Gasteiger partial charge in [0.15, 0.2) is 0 Å². The number of likely N-dealkylation sites (tertiary alicyclic amines) is 1. The number of aliphatic carboxylic acids is 1. The van der Waals surface area contributed by atoms with Crippen molar-refractivity contribution in [2.45, 2.75) is 6.17 Å². The molecule has 1 saturated heterocycles. The van der Waals surface area contributed by atoms with Crippen LogP contribution < -0.4 is 0 Å². The number of nitrogens with zero attached hydrogens (tertiary/aromatic N) is 1. The van der Waals surface area contributed by atoms with Gasteiger partial charge in [-0.1, -0.05) is 6.08 Å². The van der Waals surface area contributed by atoms with E-state index < -0.39 is 12.1 Å². The Balaban J connectivity index is 2.48. The van der Waals surface area contributed by atoms with Crippen LogP contribution in [-0.2, 0) is 4.79 Å². The number of alkyl halides is 1. The predicted molar refractivity (Wildman–Crippen MR) is 42.7 cm³/mol. The van der Waals surface area contributed by atoms with Gasteiger partial charge in [0.25, 0.3) is 0 Å². The summed E-state index contributed by atoms with van der Waals surface area (Å²) in [5.74, 6) is -1.28. The van der Waals surface area contributed by atoms with E-state index in [0.717, 1.165) is 6.08 Å². The highest BCUT2D eigenvalue weighted by Gasteiger charge is 2.28. The molecule has 0 spiro atoms. The Morgan fingerprint density at radius 1 is 1.67 bits per heavy atom. The minimum Gasteiger partial charge on any atom is -0.478 e. The largest absolute Gasteiger partial charge is 0.478 e. The van der Waals surface area contributed by atoms with E-state index in [1.807, 2.05) is 11.9 Å². The van der Waals surface area contributed by atoms with E-state index in [2.05, 4.69) is 0 Å². The van der Waals surface area contributed by atoms with E-state index in [1.54, 1.807) is 0 Å². The summed E-state index contributed by atoms with van der Waals surface area (Å²) in [6, 6.07) is 0. The smallest absolute Gasteiger partial charge is 0.327 e. The molecular weight excluding hydrogens is 161 g/mol. The topological polar surface area (TPSA) is 40.5 Å². The van der Waals surface area contributed by atoms with Crippen LogP contribution in [0.5, 0.6) is 0 Å². The molecule has 0 aliphatic carbocycles. The Labute approximate surface area is 70.5 Å². The fourth-order valence-electron chi connectivity index (χ4n) is 1.37. The summed E-state index contributed by atoms with van der Waals surface area (Å²) in [6.07, 6.45) is 1.51. The first kappa shape index (κ1) is 9.19. The van der Waals surface area contributed by atoms with Crippen molar-refractivity contribution in [3.05, 3.63) is 12.2 Å². The normalized spacial score (nSPS) is 31.5. The fraction of sp³-hybridized carbons (Fsp3) is 0.625. The van der Waals surface area contributed by atoms with Crippen molar-refractivity contribution in [3.63, 3.8) is 0 Å². The number of rotatable bonds is 2. The van der Waals surface area contributed by atoms with Gasteiger partial charge in [0, 0.05) is 25.1 Å². The van der Waals surface area contributed by atoms with Crippen LogP contribution in [0.3, 0.4) is 0 Å². The highest BCUT2D eigenvalue weighted by Crippen LogP contribution is 2.19. The lowest BCUT2D eigenvalue weighted by Crippen LogP contribution is -2.13. The molecule has 1 aliphatic heterocycles. The lowest BCUT2D eigenvalue weighted by molar-refractivity contribution is -0.131. The van der Waals surface area contributed by atoms with Crippen molar-refractivity contribution in [1.82, 2.24) is 4.90 Å². The number of hydrogen-bond acceptors (Lipinski definition) is 2. The van der Waals surface area contributed by atoms with Gasteiger partial charge in [-0.2, -0.15) is 0 Å². The molecule has 2 unspecified atom stereocenters. The Bertz CT molecular complexity index is 205. The van der Waals surface area contributed by atoms with Crippen molar-refractivity contribution < 1.29 is 14.3 Å². The van der Waals surface area contributed by atoms with Gasteiger partial charge in [0.05, 0.1) is 0 Å². The van der Waals surface area contributed by atoms with Gasteiger partial charge >= 0.3 is 5.97 Å². The van der Waals surface area contributed by atoms with Gasteiger partial charge in [0.1, 0.15) is 6.17 Å². The standard InChI is InChI=1S/C8H12FNO2/c1-10-4-6(7(9)5-10)2-3-8(11)12/h2-3,6-7H,4-5H2,1H3,(H,11,12)/b3-2+. The Morgan fingerprint density at radius 3 is 2.75 bits per heavy atom. The van der Waals surface area contributed by atoms with Gasteiger partial charge in [-0.3, -0.25) is 0 Å². The van der Waals surface area contributed by atoms with Gasteiger partial charge in [-0.15, -0.1) is 0 Å². The molecule has 0 amide bonds. The molecule has 3 nitrogen and oxygen atoms in total. The third-order valence-electron chi connectivity index (χ3n) is 1.96. The zero-order valence-corrected chi connectivity index (χ0v) is 6.90. The number of carbonyl (C=O) groups is 1. The molecule has 68 valence electrons. The third kappa shape index (κ3) is 2.30. The van der Waals surface area contributed by atoms with Crippen molar-refractivity contribution >= 4 is 5.97 Å². The van der Waals surface area contributed by atoms with Crippen LogP contribution in [0.1, 0.15) is 0 Å². The summed E-state index contributed by atoms with van der Waals surface area (Å²) in [6.45, 7) is 1.000. The molecule has 2 atom stereocenters. The van der Waals surface area contributed by atoms with E-state index >= 15 is 0 Å². The maximum Gasteiger partial charge on any atom is 0.327 e. The maximum absolute atomic E-state index is 13.0. The molecule has 0 aromatic rings. The van der Waals surface area contributed by atoms with E-state index in [9.17, 15) is 9.18 Å². The lowest BCUT2D eigenvalue weighted by atomic mass is 10.1. The Hall–Kier alpha value is -0.900. The summed E-state index contributed by atoms with van der Waals surface area (Å²) >= 11 is 0. The quantitative estimate of drug-likeness (QED) is 0.619. The molecule has 0 aromatic heterocycles. The summed E-state index contributed by atoms with van der Waals surface area (Å²) in [4.78, 5) is 12.0. The van der Waals surface area contributed by atoms with Gasteiger partial charge in [-0.05, 0) is 7.05 Å². The molecule has 0 saturated carbocycles. The van der Waals surface area contributed by atoms with Crippen LogP contribution >= 0.6 is 0 Å². The molecule has 0 bridgehead atoms. The van der Waals surface area contributed by atoms with Crippen LogP contribution in [-0.4, -0.2) is 42.3 Å². The summed E-state index contributed by atoms with van der Waals surface area (Å²) in [5.41, 5.74) is 0. The van der Waals surface area contributed by atoms with Crippen LogP contribution in [0.25, 0.3) is 0 Å². The Morgan fingerprint density at radius 2 is 2.33 bits per heavy atom. The molecule has 1 rings (SSSR count). The second-order valence-electron chi connectivity index (χ2n) is 3.10. The molecule has 1 fully saturated rings. The molecule has 0 radical (unpaired) electrons. The average Bonchev–Trinajstić information content (AvgIpc) is 2.26.